The van der Waals surface area contributed by atoms with E-state index in [1.54, 1.807) is 42.0 Å². The lowest BCUT2D eigenvalue weighted by molar-refractivity contribution is -0.141. The molecule has 2 amide bonds. The SMILES string of the molecule is C[C@@H](C(=O)N(C)CC(=O)N(C)[C@H]1CCCc2ccccc21)n1cccn1. The van der Waals surface area contributed by atoms with Crippen LogP contribution in [0.5, 0.6) is 0 Å². The number of hydrogen-bond donors (Lipinski definition) is 0. The lowest BCUT2D eigenvalue weighted by atomic mass is 9.87. The lowest BCUT2D eigenvalue weighted by Crippen LogP contribution is -2.43. The standard InChI is InChI=1S/C20H26N4O2/c1-15(24-13-7-12-21-24)20(26)22(2)14-19(25)23(3)18-11-6-9-16-8-4-5-10-17(16)18/h4-5,7-8,10,12-13,15,18H,6,9,11,14H2,1-3H3/t15-,18-/m0/s1. The molecule has 1 heterocycles. The molecule has 6 nitrogen and oxygen atoms in total. The van der Waals surface area contributed by atoms with Gasteiger partial charge in [0.2, 0.25) is 11.8 Å². The number of hydrogen-bond acceptors (Lipinski definition) is 3. The van der Waals surface area contributed by atoms with Gasteiger partial charge in [0.25, 0.3) is 0 Å². The molecule has 1 aliphatic rings. The highest BCUT2D eigenvalue weighted by Gasteiger charge is 2.28. The molecule has 1 aliphatic carbocycles. The van der Waals surface area contributed by atoms with Gasteiger partial charge < -0.3 is 9.80 Å². The van der Waals surface area contributed by atoms with Crippen molar-refractivity contribution in [1.29, 1.82) is 0 Å². The van der Waals surface area contributed by atoms with E-state index in [4.69, 9.17) is 0 Å². The van der Waals surface area contributed by atoms with Crippen LogP contribution in [0, 0.1) is 0 Å². The highest BCUT2D eigenvalue weighted by molar-refractivity contribution is 5.86. The number of fused-ring (bicyclic) bond motifs is 1. The molecule has 0 fully saturated rings. The maximum absolute atomic E-state index is 12.8. The van der Waals surface area contributed by atoms with Gasteiger partial charge in [-0.05, 0) is 43.4 Å². The molecule has 138 valence electrons. The number of aromatic nitrogens is 2. The van der Waals surface area contributed by atoms with Crippen molar-refractivity contribution in [2.75, 3.05) is 20.6 Å². The third kappa shape index (κ3) is 3.64. The first-order valence-electron chi connectivity index (χ1n) is 9.06. The molecule has 26 heavy (non-hydrogen) atoms. The molecule has 0 spiro atoms. The van der Waals surface area contributed by atoms with Crippen LogP contribution in [0.25, 0.3) is 0 Å². The van der Waals surface area contributed by atoms with E-state index in [1.807, 2.05) is 19.2 Å². The van der Waals surface area contributed by atoms with Crippen LogP contribution in [0.4, 0.5) is 0 Å². The largest absolute Gasteiger partial charge is 0.337 e. The second kappa shape index (κ2) is 7.72. The van der Waals surface area contributed by atoms with Crippen molar-refractivity contribution in [1.82, 2.24) is 19.6 Å². The zero-order valence-corrected chi connectivity index (χ0v) is 15.6. The third-order valence-electron chi connectivity index (χ3n) is 5.23. The molecule has 0 radical (unpaired) electrons. The average Bonchev–Trinajstić information content (AvgIpc) is 3.20. The van der Waals surface area contributed by atoms with Crippen molar-refractivity contribution in [3.05, 3.63) is 53.9 Å². The smallest absolute Gasteiger partial charge is 0.247 e. The number of benzene rings is 1. The number of likely N-dealkylation sites (N-methyl/N-ethyl adjacent to an activating group) is 2. The Morgan fingerprint density at radius 3 is 2.77 bits per heavy atom. The average molecular weight is 354 g/mol. The second-order valence-electron chi connectivity index (χ2n) is 6.97. The summed E-state index contributed by atoms with van der Waals surface area (Å²) in [6.45, 7) is 1.86. The van der Waals surface area contributed by atoms with E-state index in [-0.39, 0.29) is 24.4 Å². The topological polar surface area (TPSA) is 58.4 Å². The molecule has 2 aromatic rings. The van der Waals surface area contributed by atoms with Gasteiger partial charge in [-0.15, -0.1) is 0 Å². The molecule has 0 saturated carbocycles. The van der Waals surface area contributed by atoms with Crippen LogP contribution in [0.3, 0.4) is 0 Å². The summed E-state index contributed by atoms with van der Waals surface area (Å²) in [6.07, 6.45) is 6.49. The Bertz CT molecular complexity index is 772. The van der Waals surface area contributed by atoms with Crippen LogP contribution >= 0.6 is 0 Å². The predicted octanol–water partition coefficient (Wildman–Crippen LogP) is 2.44. The van der Waals surface area contributed by atoms with Crippen molar-refractivity contribution >= 4 is 11.8 Å². The van der Waals surface area contributed by atoms with E-state index in [1.165, 1.54) is 16.0 Å². The fourth-order valence-corrected chi connectivity index (χ4v) is 3.64. The zero-order valence-electron chi connectivity index (χ0n) is 15.6. The summed E-state index contributed by atoms with van der Waals surface area (Å²) in [4.78, 5) is 28.6. The Hall–Kier alpha value is -2.63. The van der Waals surface area contributed by atoms with Crippen molar-refractivity contribution in [3.63, 3.8) is 0 Å². The highest BCUT2D eigenvalue weighted by Crippen LogP contribution is 2.33. The second-order valence-corrected chi connectivity index (χ2v) is 6.97. The summed E-state index contributed by atoms with van der Waals surface area (Å²) >= 11 is 0. The van der Waals surface area contributed by atoms with Crippen LogP contribution in [-0.2, 0) is 16.0 Å². The predicted molar refractivity (Wildman–Crippen MR) is 99.5 cm³/mol. The van der Waals surface area contributed by atoms with Gasteiger partial charge in [-0.1, -0.05) is 24.3 Å². The Labute approximate surface area is 154 Å². The Balaban J connectivity index is 1.65. The van der Waals surface area contributed by atoms with Crippen LogP contribution in [0.15, 0.2) is 42.7 Å². The fraction of sp³-hybridized carbons (Fsp3) is 0.450. The van der Waals surface area contributed by atoms with Gasteiger partial charge in [-0.3, -0.25) is 14.3 Å². The van der Waals surface area contributed by atoms with E-state index in [0.717, 1.165) is 19.3 Å². The molecular formula is C20H26N4O2. The molecule has 2 atom stereocenters. The molecule has 3 rings (SSSR count). The molecule has 0 unspecified atom stereocenters. The third-order valence-corrected chi connectivity index (χ3v) is 5.23. The molecule has 1 aromatic carbocycles. The number of amides is 2. The van der Waals surface area contributed by atoms with Crippen molar-refractivity contribution in [2.24, 2.45) is 0 Å². The monoisotopic (exact) mass is 354 g/mol. The van der Waals surface area contributed by atoms with Gasteiger partial charge >= 0.3 is 0 Å². The number of rotatable bonds is 5. The van der Waals surface area contributed by atoms with Crippen LogP contribution in [0.2, 0.25) is 0 Å². The molecular weight excluding hydrogens is 328 g/mol. The first-order valence-corrected chi connectivity index (χ1v) is 9.06. The summed E-state index contributed by atoms with van der Waals surface area (Å²) in [6, 6.07) is 9.76. The quantitative estimate of drug-likeness (QED) is 0.829. The summed E-state index contributed by atoms with van der Waals surface area (Å²) in [5.41, 5.74) is 2.55. The summed E-state index contributed by atoms with van der Waals surface area (Å²) in [5.74, 6) is -0.172. The Kier molecular flexibility index (Phi) is 5.40. The van der Waals surface area contributed by atoms with Crippen molar-refractivity contribution in [2.45, 2.75) is 38.3 Å². The van der Waals surface area contributed by atoms with Gasteiger partial charge in [-0.2, -0.15) is 5.10 Å². The molecule has 0 bridgehead atoms. The molecule has 1 aromatic heterocycles. The van der Waals surface area contributed by atoms with E-state index >= 15 is 0 Å². The summed E-state index contributed by atoms with van der Waals surface area (Å²) in [7, 11) is 3.51. The van der Waals surface area contributed by atoms with E-state index in [2.05, 4.69) is 17.2 Å². The van der Waals surface area contributed by atoms with Gasteiger partial charge in [0.1, 0.15) is 6.04 Å². The minimum Gasteiger partial charge on any atom is -0.337 e. The van der Waals surface area contributed by atoms with Crippen molar-refractivity contribution in [3.8, 4) is 0 Å². The van der Waals surface area contributed by atoms with Crippen molar-refractivity contribution < 1.29 is 9.59 Å². The Morgan fingerprint density at radius 2 is 2.04 bits per heavy atom. The highest BCUT2D eigenvalue weighted by atomic mass is 16.2. The number of nitrogens with zero attached hydrogens (tertiary/aromatic N) is 4. The number of carbonyl (C=O) groups excluding carboxylic acids is 2. The van der Waals surface area contributed by atoms with Crippen LogP contribution < -0.4 is 0 Å². The van der Waals surface area contributed by atoms with Crippen LogP contribution in [-0.4, -0.2) is 52.0 Å². The zero-order chi connectivity index (χ0) is 18.7. The first kappa shape index (κ1) is 18.2. The minimum atomic E-state index is -0.427. The first-order chi connectivity index (χ1) is 12.5. The van der Waals surface area contributed by atoms with E-state index in [0.29, 0.717) is 0 Å². The molecule has 0 N–H and O–H groups in total. The fourth-order valence-electron chi connectivity index (χ4n) is 3.64. The van der Waals surface area contributed by atoms with Gasteiger partial charge in [-0.25, -0.2) is 0 Å². The van der Waals surface area contributed by atoms with Gasteiger partial charge in [0, 0.05) is 26.5 Å². The maximum Gasteiger partial charge on any atom is 0.247 e. The molecule has 0 aliphatic heterocycles. The summed E-state index contributed by atoms with van der Waals surface area (Å²) in [5, 5.41) is 4.11. The van der Waals surface area contributed by atoms with E-state index in [9.17, 15) is 9.59 Å². The normalized spacial score (nSPS) is 17.3. The minimum absolute atomic E-state index is 0.0461. The maximum atomic E-state index is 12.8. The van der Waals surface area contributed by atoms with E-state index < -0.39 is 6.04 Å². The molecule has 0 saturated heterocycles. The number of aryl methyl sites for hydroxylation is 1. The molecule has 6 heteroatoms. The Morgan fingerprint density at radius 1 is 1.27 bits per heavy atom. The number of carbonyl (C=O) groups is 2. The van der Waals surface area contributed by atoms with Gasteiger partial charge in [0.15, 0.2) is 0 Å². The van der Waals surface area contributed by atoms with Crippen LogP contribution in [0.1, 0.15) is 43.0 Å². The van der Waals surface area contributed by atoms with Gasteiger partial charge in [0.05, 0.1) is 12.6 Å². The lowest BCUT2D eigenvalue weighted by Gasteiger charge is -2.34. The summed E-state index contributed by atoms with van der Waals surface area (Å²) < 4.78 is 1.60.